The molecule has 0 N–H and O–H groups in total. The summed E-state index contributed by atoms with van der Waals surface area (Å²) >= 11 is 6.26. The molecular formula is C15H13ClN4O3. The van der Waals surface area contributed by atoms with E-state index in [2.05, 4.69) is 10.1 Å². The minimum atomic E-state index is -0.456. The Morgan fingerprint density at radius 1 is 1.17 bits per heavy atom. The van der Waals surface area contributed by atoms with Crippen molar-refractivity contribution >= 4 is 28.4 Å². The Balaban J connectivity index is 1.78. The lowest BCUT2D eigenvalue weighted by Crippen LogP contribution is -2.38. The summed E-state index contributed by atoms with van der Waals surface area (Å²) in [6, 6.07) is 7.37. The second kappa shape index (κ2) is 5.68. The number of morpholine rings is 1. The Bertz CT molecular complexity index is 881. The van der Waals surface area contributed by atoms with Gasteiger partial charge in [-0.25, -0.2) is 0 Å². The molecule has 0 radical (unpaired) electrons. The summed E-state index contributed by atoms with van der Waals surface area (Å²) in [6.07, 6.45) is 1.56. The van der Waals surface area contributed by atoms with Gasteiger partial charge in [-0.3, -0.25) is 4.79 Å². The van der Waals surface area contributed by atoms with Crippen LogP contribution in [-0.2, 0) is 4.74 Å². The van der Waals surface area contributed by atoms with Crippen molar-refractivity contribution in [2.24, 2.45) is 0 Å². The van der Waals surface area contributed by atoms with Gasteiger partial charge in [0.05, 0.1) is 25.1 Å². The first kappa shape index (κ1) is 14.2. The third-order valence-corrected chi connectivity index (χ3v) is 4.07. The molecule has 0 spiro atoms. The SMILES string of the molecule is O=c1c(Cl)c(N2CCOCC2)cnn1-c1nc2ccccc2o1. The summed E-state index contributed by atoms with van der Waals surface area (Å²) in [4.78, 5) is 18.8. The van der Waals surface area contributed by atoms with Crippen LogP contribution < -0.4 is 10.5 Å². The van der Waals surface area contributed by atoms with Gasteiger partial charge in [-0.05, 0) is 12.1 Å². The highest BCUT2D eigenvalue weighted by molar-refractivity contribution is 6.33. The largest absolute Gasteiger partial charge is 0.422 e. The Morgan fingerprint density at radius 3 is 2.74 bits per heavy atom. The average Bonchev–Trinajstić information content (AvgIpc) is 3.02. The predicted molar refractivity (Wildman–Crippen MR) is 85.4 cm³/mol. The summed E-state index contributed by atoms with van der Waals surface area (Å²) in [5, 5.41) is 4.26. The molecule has 0 aliphatic carbocycles. The van der Waals surface area contributed by atoms with Gasteiger partial charge in [-0.2, -0.15) is 10.1 Å². The topological polar surface area (TPSA) is 73.4 Å². The molecule has 1 aliphatic rings. The number of rotatable bonds is 2. The average molecular weight is 333 g/mol. The van der Waals surface area contributed by atoms with Gasteiger partial charge >= 0.3 is 6.01 Å². The summed E-state index contributed by atoms with van der Waals surface area (Å²) in [6.45, 7) is 2.55. The van der Waals surface area contributed by atoms with Gasteiger partial charge in [0.25, 0.3) is 5.56 Å². The third kappa shape index (κ3) is 2.47. The molecule has 1 saturated heterocycles. The summed E-state index contributed by atoms with van der Waals surface area (Å²) in [5.74, 6) is 0. The number of hydrogen-bond acceptors (Lipinski definition) is 6. The first-order chi connectivity index (χ1) is 11.2. The maximum Gasteiger partial charge on any atom is 0.327 e. The normalized spacial score (nSPS) is 15.3. The molecule has 2 aromatic heterocycles. The van der Waals surface area contributed by atoms with Crippen molar-refractivity contribution in [3.8, 4) is 6.01 Å². The molecule has 1 aliphatic heterocycles. The number of benzene rings is 1. The molecule has 0 amide bonds. The molecule has 1 fully saturated rings. The fourth-order valence-electron chi connectivity index (χ4n) is 2.54. The zero-order chi connectivity index (χ0) is 15.8. The molecule has 0 atom stereocenters. The van der Waals surface area contributed by atoms with E-state index in [1.807, 2.05) is 17.0 Å². The van der Waals surface area contributed by atoms with Gasteiger partial charge in [0, 0.05) is 13.1 Å². The summed E-state index contributed by atoms with van der Waals surface area (Å²) < 4.78 is 12.0. The van der Waals surface area contributed by atoms with Gasteiger partial charge in [0.1, 0.15) is 10.5 Å². The van der Waals surface area contributed by atoms with E-state index in [-0.39, 0.29) is 11.0 Å². The van der Waals surface area contributed by atoms with E-state index in [0.717, 1.165) is 4.68 Å². The molecule has 0 bridgehead atoms. The van der Waals surface area contributed by atoms with Crippen LogP contribution in [0.25, 0.3) is 17.1 Å². The molecule has 0 saturated carbocycles. The zero-order valence-corrected chi connectivity index (χ0v) is 12.9. The smallest absolute Gasteiger partial charge is 0.327 e. The minimum absolute atomic E-state index is 0.101. The van der Waals surface area contributed by atoms with E-state index in [1.54, 1.807) is 18.3 Å². The van der Waals surface area contributed by atoms with Crippen molar-refractivity contribution < 1.29 is 9.15 Å². The van der Waals surface area contributed by atoms with Gasteiger partial charge < -0.3 is 14.1 Å². The predicted octanol–water partition coefficient (Wildman–Crippen LogP) is 1.86. The first-order valence-corrected chi connectivity index (χ1v) is 7.58. The number of halogens is 1. The third-order valence-electron chi connectivity index (χ3n) is 3.72. The molecule has 3 aromatic rings. The molecule has 118 valence electrons. The lowest BCUT2D eigenvalue weighted by atomic mass is 10.3. The highest BCUT2D eigenvalue weighted by atomic mass is 35.5. The Hall–Kier alpha value is -2.38. The molecular weight excluding hydrogens is 320 g/mol. The number of ether oxygens (including phenoxy) is 1. The highest BCUT2D eigenvalue weighted by Gasteiger charge is 2.20. The molecule has 3 heterocycles. The van der Waals surface area contributed by atoms with Crippen LogP contribution in [0.4, 0.5) is 5.69 Å². The van der Waals surface area contributed by atoms with E-state index >= 15 is 0 Å². The summed E-state index contributed by atoms with van der Waals surface area (Å²) in [5.41, 5.74) is 1.39. The van der Waals surface area contributed by atoms with Crippen LogP contribution in [0.5, 0.6) is 0 Å². The number of aromatic nitrogens is 3. The van der Waals surface area contributed by atoms with Crippen LogP contribution >= 0.6 is 11.6 Å². The maximum atomic E-state index is 12.5. The molecule has 7 nitrogen and oxygen atoms in total. The molecule has 23 heavy (non-hydrogen) atoms. The van der Waals surface area contributed by atoms with E-state index < -0.39 is 5.56 Å². The molecule has 0 unspecified atom stereocenters. The van der Waals surface area contributed by atoms with Gasteiger partial charge in [0.15, 0.2) is 5.58 Å². The number of fused-ring (bicyclic) bond motifs is 1. The van der Waals surface area contributed by atoms with Crippen molar-refractivity contribution in [2.75, 3.05) is 31.2 Å². The lowest BCUT2D eigenvalue weighted by Gasteiger charge is -2.28. The molecule has 1 aromatic carbocycles. The monoisotopic (exact) mass is 332 g/mol. The van der Waals surface area contributed by atoms with E-state index in [1.165, 1.54) is 0 Å². The fraction of sp³-hybridized carbons (Fsp3) is 0.267. The second-order valence-corrected chi connectivity index (χ2v) is 5.50. The standard InChI is InChI=1S/C15H13ClN4O3/c16-13-11(19-5-7-22-8-6-19)9-17-20(14(13)21)15-18-10-3-1-2-4-12(10)23-15/h1-4,9H,5-8H2. The lowest BCUT2D eigenvalue weighted by molar-refractivity contribution is 0.122. The number of para-hydroxylation sites is 2. The number of anilines is 1. The van der Waals surface area contributed by atoms with Crippen molar-refractivity contribution in [3.63, 3.8) is 0 Å². The van der Waals surface area contributed by atoms with Crippen molar-refractivity contribution in [3.05, 3.63) is 45.8 Å². The van der Waals surface area contributed by atoms with Crippen LogP contribution in [0.1, 0.15) is 0 Å². The zero-order valence-electron chi connectivity index (χ0n) is 12.1. The quantitative estimate of drug-likeness (QED) is 0.713. The Morgan fingerprint density at radius 2 is 1.96 bits per heavy atom. The minimum Gasteiger partial charge on any atom is -0.422 e. The van der Waals surface area contributed by atoms with Crippen LogP contribution in [0.15, 0.2) is 39.7 Å². The molecule has 4 rings (SSSR count). The van der Waals surface area contributed by atoms with Crippen LogP contribution in [0.2, 0.25) is 5.02 Å². The molecule has 8 heteroatoms. The van der Waals surface area contributed by atoms with Gasteiger partial charge in [-0.15, -0.1) is 4.68 Å². The van der Waals surface area contributed by atoms with Crippen LogP contribution in [0.3, 0.4) is 0 Å². The van der Waals surface area contributed by atoms with Crippen LogP contribution in [0, 0.1) is 0 Å². The Kier molecular flexibility index (Phi) is 3.51. The van der Waals surface area contributed by atoms with E-state index in [9.17, 15) is 4.79 Å². The van der Waals surface area contributed by atoms with Gasteiger partial charge in [-0.1, -0.05) is 23.7 Å². The van der Waals surface area contributed by atoms with E-state index in [4.69, 9.17) is 20.8 Å². The maximum absolute atomic E-state index is 12.5. The fourth-order valence-corrected chi connectivity index (χ4v) is 2.78. The van der Waals surface area contributed by atoms with Crippen molar-refractivity contribution in [2.45, 2.75) is 0 Å². The Labute approximate surface area is 136 Å². The highest BCUT2D eigenvalue weighted by Crippen LogP contribution is 2.23. The number of hydrogen-bond donors (Lipinski definition) is 0. The number of oxazole rings is 1. The van der Waals surface area contributed by atoms with Crippen molar-refractivity contribution in [1.29, 1.82) is 0 Å². The number of nitrogens with zero attached hydrogens (tertiary/aromatic N) is 4. The second-order valence-electron chi connectivity index (χ2n) is 5.12. The summed E-state index contributed by atoms with van der Waals surface area (Å²) in [7, 11) is 0. The van der Waals surface area contributed by atoms with Gasteiger partial charge in [0.2, 0.25) is 0 Å². The van der Waals surface area contributed by atoms with Crippen molar-refractivity contribution in [1.82, 2.24) is 14.8 Å². The van der Waals surface area contributed by atoms with E-state index in [0.29, 0.717) is 43.1 Å². The van der Waals surface area contributed by atoms with Crippen LogP contribution in [-0.4, -0.2) is 41.1 Å². The first-order valence-electron chi connectivity index (χ1n) is 7.20.